The van der Waals surface area contributed by atoms with Gasteiger partial charge < -0.3 is 4.74 Å². The van der Waals surface area contributed by atoms with Gasteiger partial charge in [0.25, 0.3) is 0 Å². The van der Waals surface area contributed by atoms with E-state index < -0.39 is 11.7 Å². The highest BCUT2D eigenvalue weighted by Gasteiger charge is 2.31. The largest absolute Gasteiger partial charge is 0.496 e. The fraction of sp³-hybridized carbons (Fsp3) is 0.143. The molecule has 19 heavy (non-hydrogen) atoms. The maximum absolute atomic E-state index is 12.7. The molecule has 0 unspecified atom stereocenters. The van der Waals surface area contributed by atoms with Gasteiger partial charge in [0.05, 0.1) is 12.7 Å². The van der Waals surface area contributed by atoms with Crippen LogP contribution in [0.15, 0.2) is 36.4 Å². The van der Waals surface area contributed by atoms with E-state index >= 15 is 0 Å². The monoisotopic (exact) mass is 285 g/mol. The number of methoxy groups -OCH3 is 1. The van der Waals surface area contributed by atoms with E-state index in [4.69, 9.17) is 16.3 Å². The first kappa shape index (κ1) is 13.7. The zero-order chi connectivity index (χ0) is 14.0. The maximum atomic E-state index is 12.7. The molecule has 2 rings (SSSR count). The van der Waals surface area contributed by atoms with Crippen molar-refractivity contribution in [1.82, 2.24) is 0 Å². The third kappa shape index (κ3) is 3.01. The van der Waals surface area contributed by atoms with Crippen molar-refractivity contribution in [2.45, 2.75) is 6.18 Å². The Morgan fingerprint density at radius 2 is 1.89 bits per heavy atom. The van der Waals surface area contributed by atoms with Crippen LogP contribution in [0.3, 0.4) is 0 Å². The summed E-state index contributed by atoms with van der Waals surface area (Å²) in [5.74, 6) is 0.339. The van der Waals surface area contributed by atoms with Gasteiger partial charge in [-0.05, 0) is 42.0 Å². The van der Waals surface area contributed by atoms with Crippen LogP contribution < -0.4 is 4.74 Å². The molecule has 0 saturated heterocycles. The number of halogens is 4. The molecule has 0 atom stereocenters. The summed E-state index contributed by atoms with van der Waals surface area (Å²) in [4.78, 5) is 0. The predicted molar refractivity (Wildman–Crippen MR) is 67.3 cm³/mol. The molecule has 0 N–H and O–H groups in total. The molecule has 2 aromatic carbocycles. The van der Waals surface area contributed by atoms with Gasteiger partial charge in [-0.15, -0.1) is 0 Å². The van der Waals surface area contributed by atoms with Crippen LogP contribution in [0.25, 0.3) is 11.1 Å². The van der Waals surface area contributed by atoms with Crippen LogP contribution in [0, 0.1) is 6.07 Å². The molecule has 0 aliphatic carbocycles. The van der Waals surface area contributed by atoms with E-state index in [2.05, 4.69) is 6.07 Å². The summed E-state index contributed by atoms with van der Waals surface area (Å²) < 4.78 is 43.2. The number of hydrogen-bond donors (Lipinski definition) is 0. The number of alkyl halides is 3. The number of benzene rings is 2. The Balaban J connectivity index is 2.60. The lowest BCUT2D eigenvalue weighted by molar-refractivity contribution is -0.137. The Hall–Kier alpha value is -1.68. The molecule has 2 aromatic rings. The van der Waals surface area contributed by atoms with Crippen LogP contribution >= 0.6 is 11.6 Å². The molecule has 0 saturated carbocycles. The summed E-state index contributed by atoms with van der Waals surface area (Å²) in [6.07, 6.45) is -4.40. The standard InChI is InChI=1S/C14H9ClF3O/c1-19-13-6-5-10(14(16,17)18)8-12(13)9-3-2-4-11(15)7-9/h2,4-8H,1H3. The Kier molecular flexibility index (Phi) is 3.71. The van der Waals surface area contributed by atoms with E-state index in [9.17, 15) is 13.2 Å². The van der Waals surface area contributed by atoms with Gasteiger partial charge in [-0.2, -0.15) is 13.2 Å². The molecule has 0 amide bonds. The summed E-state index contributed by atoms with van der Waals surface area (Å²) >= 11 is 5.84. The molecular formula is C14H9ClF3O. The number of hydrogen-bond acceptors (Lipinski definition) is 1. The Morgan fingerprint density at radius 3 is 2.47 bits per heavy atom. The molecule has 0 aliphatic rings. The van der Waals surface area contributed by atoms with Gasteiger partial charge in [0.1, 0.15) is 5.75 Å². The van der Waals surface area contributed by atoms with Crippen molar-refractivity contribution in [3.8, 4) is 16.9 Å². The quantitative estimate of drug-likeness (QED) is 0.767. The molecule has 99 valence electrons. The third-order valence-electron chi connectivity index (χ3n) is 2.58. The summed E-state index contributed by atoms with van der Waals surface area (Å²) in [5.41, 5.74) is 0.0203. The second-order valence-corrected chi connectivity index (χ2v) is 4.27. The average Bonchev–Trinajstić information content (AvgIpc) is 2.37. The second-order valence-electron chi connectivity index (χ2n) is 3.83. The van der Waals surface area contributed by atoms with E-state index in [1.807, 2.05) is 0 Å². The van der Waals surface area contributed by atoms with Crippen LogP contribution in [0.4, 0.5) is 13.2 Å². The van der Waals surface area contributed by atoms with E-state index in [0.717, 1.165) is 12.1 Å². The van der Waals surface area contributed by atoms with Crippen LogP contribution in [0.1, 0.15) is 5.56 Å². The summed E-state index contributed by atoms with van der Waals surface area (Å²) in [5, 5.41) is 0.424. The van der Waals surface area contributed by atoms with E-state index in [1.54, 1.807) is 18.2 Å². The Bertz CT molecular complexity index is 593. The topological polar surface area (TPSA) is 9.23 Å². The maximum Gasteiger partial charge on any atom is 0.416 e. The van der Waals surface area contributed by atoms with Crippen molar-refractivity contribution in [2.75, 3.05) is 7.11 Å². The first-order valence-corrected chi connectivity index (χ1v) is 5.72. The summed E-state index contributed by atoms with van der Waals surface area (Å²) in [6, 6.07) is 10.8. The van der Waals surface area contributed by atoms with Gasteiger partial charge in [0, 0.05) is 10.6 Å². The van der Waals surface area contributed by atoms with Crippen molar-refractivity contribution in [2.24, 2.45) is 0 Å². The van der Waals surface area contributed by atoms with E-state index in [-0.39, 0.29) is 0 Å². The summed E-state index contributed by atoms with van der Waals surface area (Å²) in [6.45, 7) is 0. The van der Waals surface area contributed by atoms with Crippen LogP contribution in [-0.2, 0) is 6.18 Å². The average molecular weight is 286 g/mol. The van der Waals surface area contributed by atoms with Crippen LogP contribution in [0.2, 0.25) is 5.02 Å². The van der Waals surface area contributed by atoms with Crippen molar-refractivity contribution < 1.29 is 17.9 Å². The van der Waals surface area contributed by atoms with Gasteiger partial charge in [-0.25, -0.2) is 0 Å². The molecule has 0 fully saturated rings. The van der Waals surface area contributed by atoms with Gasteiger partial charge in [-0.3, -0.25) is 0 Å². The fourth-order valence-electron chi connectivity index (χ4n) is 1.69. The van der Waals surface area contributed by atoms with Gasteiger partial charge in [-0.1, -0.05) is 17.7 Å². The van der Waals surface area contributed by atoms with Gasteiger partial charge in [0.2, 0.25) is 0 Å². The van der Waals surface area contributed by atoms with Gasteiger partial charge >= 0.3 is 6.18 Å². The first-order chi connectivity index (χ1) is 8.91. The van der Waals surface area contributed by atoms with Gasteiger partial charge in [0.15, 0.2) is 0 Å². The molecule has 0 aromatic heterocycles. The molecule has 0 spiro atoms. The number of rotatable bonds is 2. The van der Waals surface area contributed by atoms with Crippen molar-refractivity contribution >= 4 is 11.6 Å². The zero-order valence-corrected chi connectivity index (χ0v) is 10.6. The molecule has 0 bridgehead atoms. The zero-order valence-electron chi connectivity index (χ0n) is 9.88. The summed E-state index contributed by atoms with van der Waals surface area (Å²) in [7, 11) is 1.40. The van der Waals surface area contributed by atoms with Crippen molar-refractivity contribution in [3.63, 3.8) is 0 Å². The molecule has 1 nitrogen and oxygen atoms in total. The lowest BCUT2D eigenvalue weighted by Crippen LogP contribution is -2.05. The molecule has 5 heteroatoms. The van der Waals surface area contributed by atoms with Crippen molar-refractivity contribution in [1.29, 1.82) is 0 Å². The third-order valence-corrected chi connectivity index (χ3v) is 2.82. The fourth-order valence-corrected chi connectivity index (χ4v) is 1.86. The normalized spacial score (nSPS) is 11.4. The van der Waals surface area contributed by atoms with Crippen LogP contribution in [-0.4, -0.2) is 7.11 Å². The minimum Gasteiger partial charge on any atom is -0.496 e. The second kappa shape index (κ2) is 5.13. The Labute approximate surface area is 113 Å². The van der Waals surface area contributed by atoms with Crippen LogP contribution in [0.5, 0.6) is 5.75 Å². The Morgan fingerprint density at radius 1 is 1.16 bits per heavy atom. The molecule has 1 radical (unpaired) electrons. The van der Waals surface area contributed by atoms with E-state index in [0.29, 0.717) is 21.9 Å². The molecule has 0 aliphatic heterocycles. The highest BCUT2D eigenvalue weighted by atomic mass is 35.5. The number of ether oxygens (including phenoxy) is 1. The smallest absolute Gasteiger partial charge is 0.416 e. The highest BCUT2D eigenvalue weighted by Crippen LogP contribution is 2.37. The minimum atomic E-state index is -4.40. The SMILES string of the molecule is COc1ccc(C(F)(F)F)cc1-c1[c]ccc(Cl)c1. The molecular weight excluding hydrogens is 277 g/mol. The predicted octanol–water partition coefficient (Wildman–Crippen LogP) is 4.83. The molecule has 0 heterocycles. The lowest BCUT2D eigenvalue weighted by atomic mass is 10.0. The highest BCUT2D eigenvalue weighted by molar-refractivity contribution is 6.30. The lowest BCUT2D eigenvalue weighted by Gasteiger charge is -2.13. The van der Waals surface area contributed by atoms with Crippen molar-refractivity contribution in [3.05, 3.63) is 53.1 Å². The van der Waals surface area contributed by atoms with E-state index in [1.165, 1.54) is 13.2 Å². The minimum absolute atomic E-state index is 0.305. The first-order valence-electron chi connectivity index (χ1n) is 5.34.